The number of anilines is 2. The van der Waals surface area contributed by atoms with Gasteiger partial charge >= 0.3 is 0 Å². The Morgan fingerprint density at radius 1 is 1.14 bits per heavy atom. The monoisotopic (exact) mass is 346 g/mol. The van der Waals surface area contributed by atoms with E-state index in [1.807, 2.05) is 41.8 Å². The van der Waals surface area contributed by atoms with Crippen molar-refractivity contribution in [2.45, 2.75) is 6.54 Å². The van der Waals surface area contributed by atoms with Crippen molar-refractivity contribution in [3.8, 4) is 0 Å². The summed E-state index contributed by atoms with van der Waals surface area (Å²) in [7, 11) is 3.82. The van der Waals surface area contributed by atoms with E-state index in [-0.39, 0.29) is 5.95 Å². The third-order valence-corrected chi connectivity index (χ3v) is 3.76. The third-order valence-electron chi connectivity index (χ3n) is 3.15. The molecule has 0 amide bonds. The van der Waals surface area contributed by atoms with Crippen molar-refractivity contribution in [2.75, 3.05) is 24.7 Å². The molecule has 3 aromatic rings. The van der Waals surface area contributed by atoms with Crippen LogP contribution in [0.15, 0.2) is 35.1 Å². The highest BCUT2D eigenvalue weighted by atomic mass is 79.9. The second kappa shape index (κ2) is 5.33. The lowest BCUT2D eigenvalue weighted by Crippen LogP contribution is -2.13. The maximum atomic E-state index is 5.83. The first kappa shape index (κ1) is 13.8. The Morgan fingerprint density at radius 3 is 2.52 bits per heavy atom. The molecular weight excluding hydrogens is 332 g/mol. The molecule has 2 heterocycles. The van der Waals surface area contributed by atoms with Gasteiger partial charge in [-0.2, -0.15) is 9.97 Å². The number of nitrogens with zero attached hydrogens (tertiary/aromatic N) is 5. The summed E-state index contributed by atoms with van der Waals surface area (Å²) in [5.74, 6) is 0.956. The number of imidazole rings is 1. The number of halogens is 1. The summed E-state index contributed by atoms with van der Waals surface area (Å²) in [4.78, 5) is 15.0. The lowest BCUT2D eigenvalue weighted by molar-refractivity contribution is 0.791. The smallest absolute Gasteiger partial charge is 0.224 e. The molecule has 0 saturated heterocycles. The van der Waals surface area contributed by atoms with Crippen LogP contribution >= 0.6 is 15.9 Å². The van der Waals surface area contributed by atoms with Gasteiger partial charge in [-0.3, -0.25) is 4.57 Å². The van der Waals surface area contributed by atoms with Crippen LogP contribution in [0.5, 0.6) is 0 Å². The molecule has 108 valence electrons. The minimum atomic E-state index is 0.243. The van der Waals surface area contributed by atoms with Gasteiger partial charge in [-0.25, -0.2) is 4.98 Å². The first-order valence-corrected chi connectivity index (χ1v) is 7.26. The van der Waals surface area contributed by atoms with Gasteiger partial charge in [-0.15, -0.1) is 0 Å². The zero-order chi connectivity index (χ0) is 15.0. The van der Waals surface area contributed by atoms with Gasteiger partial charge in [0.05, 0.1) is 6.54 Å². The first-order chi connectivity index (χ1) is 10.1. The summed E-state index contributed by atoms with van der Waals surface area (Å²) in [6.07, 6.45) is 0. The summed E-state index contributed by atoms with van der Waals surface area (Å²) < 4.78 is 2.69. The lowest BCUT2D eigenvalue weighted by atomic mass is 10.2. The van der Waals surface area contributed by atoms with Crippen LogP contribution in [-0.4, -0.2) is 33.6 Å². The highest BCUT2D eigenvalue weighted by Gasteiger charge is 2.17. The molecule has 0 spiro atoms. The molecule has 0 saturated carbocycles. The molecule has 2 N–H and O–H groups in total. The number of hydrogen-bond acceptors (Lipinski definition) is 5. The van der Waals surface area contributed by atoms with Crippen molar-refractivity contribution >= 4 is 38.9 Å². The van der Waals surface area contributed by atoms with Crippen molar-refractivity contribution in [2.24, 2.45) is 0 Å². The van der Waals surface area contributed by atoms with Gasteiger partial charge in [-0.1, -0.05) is 30.3 Å². The summed E-state index contributed by atoms with van der Waals surface area (Å²) in [5, 5.41) is 0. The van der Waals surface area contributed by atoms with E-state index in [0.717, 1.165) is 11.2 Å². The second-order valence-electron chi connectivity index (χ2n) is 4.92. The quantitative estimate of drug-likeness (QED) is 0.736. The average Bonchev–Trinajstić information content (AvgIpc) is 2.76. The normalized spacial score (nSPS) is 11.0. The van der Waals surface area contributed by atoms with Gasteiger partial charge in [0.15, 0.2) is 21.7 Å². The van der Waals surface area contributed by atoms with E-state index in [4.69, 9.17) is 5.73 Å². The van der Waals surface area contributed by atoms with E-state index in [0.29, 0.717) is 17.1 Å². The van der Waals surface area contributed by atoms with Crippen molar-refractivity contribution in [1.82, 2.24) is 19.5 Å². The molecule has 0 atom stereocenters. The van der Waals surface area contributed by atoms with Gasteiger partial charge < -0.3 is 10.6 Å². The summed E-state index contributed by atoms with van der Waals surface area (Å²) >= 11 is 3.50. The van der Waals surface area contributed by atoms with Crippen LogP contribution in [0.2, 0.25) is 0 Å². The topological polar surface area (TPSA) is 72.9 Å². The summed E-state index contributed by atoms with van der Waals surface area (Å²) in [5.41, 5.74) is 8.45. The number of fused-ring (bicyclic) bond motifs is 1. The predicted molar refractivity (Wildman–Crippen MR) is 87.3 cm³/mol. The third kappa shape index (κ3) is 2.56. The number of rotatable bonds is 3. The van der Waals surface area contributed by atoms with E-state index < -0.39 is 0 Å². The molecule has 3 rings (SSSR count). The van der Waals surface area contributed by atoms with Gasteiger partial charge in [0, 0.05) is 14.1 Å². The SMILES string of the molecule is CN(C)c1nc(N)nc2c1nc(Br)n2Cc1ccccc1. The minimum Gasteiger partial charge on any atom is -0.368 e. The van der Waals surface area contributed by atoms with E-state index in [2.05, 4.69) is 43.0 Å². The summed E-state index contributed by atoms with van der Waals surface area (Å²) in [6.45, 7) is 0.668. The zero-order valence-electron chi connectivity index (χ0n) is 11.8. The van der Waals surface area contributed by atoms with E-state index in [1.54, 1.807) is 0 Å². The number of aromatic nitrogens is 4. The van der Waals surface area contributed by atoms with E-state index in [1.165, 1.54) is 5.56 Å². The van der Waals surface area contributed by atoms with E-state index >= 15 is 0 Å². The van der Waals surface area contributed by atoms with E-state index in [9.17, 15) is 0 Å². The molecule has 0 aliphatic rings. The molecule has 6 nitrogen and oxygen atoms in total. The molecule has 0 aliphatic carbocycles. The maximum absolute atomic E-state index is 5.83. The zero-order valence-corrected chi connectivity index (χ0v) is 13.4. The Morgan fingerprint density at radius 2 is 1.86 bits per heavy atom. The first-order valence-electron chi connectivity index (χ1n) is 6.47. The average molecular weight is 347 g/mol. The van der Waals surface area contributed by atoms with Gasteiger partial charge in [0.2, 0.25) is 5.95 Å². The molecule has 0 bridgehead atoms. The van der Waals surface area contributed by atoms with Gasteiger partial charge in [0.25, 0.3) is 0 Å². The van der Waals surface area contributed by atoms with Crippen LogP contribution in [0.1, 0.15) is 5.56 Å². The molecule has 0 radical (unpaired) electrons. The Bertz CT molecular complexity index is 781. The van der Waals surface area contributed by atoms with Crippen molar-refractivity contribution < 1.29 is 0 Å². The van der Waals surface area contributed by atoms with Crippen molar-refractivity contribution in [1.29, 1.82) is 0 Å². The van der Waals surface area contributed by atoms with Crippen LogP contribution < -0.4 is 10.6 Å². The molecule has 21 heavy (non-hydrogen) atoms. The van der Waals surface area contributed by atoms with Crippen LogP contribution in [-0.2, 0) is 6.54 Å². The van der Waals surface area contributed by atoms with Crippen LogP contribution in [0.25, 0.3) is 11.2 Å². The number of benzene rings is 1. The molecule has 1 aromatic carbocycles. The van der Waals surface area contributed by atoms with Gasteiger partial charge in [0.1, 0.15) is 0 Å². The second-order valence-corrected chi connectivity index (χ2v) is 5.63. The Balaban J connectivity index is 2.17. The predicted octanol–water partition coefficient (Wildman–Crippen LogP) is 2.29. The highest BCUT2D eigenvalue weighted by Crippen LogP contribution is 2.26. The fourth-order valence-corrected chi connectivity index (χ4v) is 2.66. The maximum Gasteiger partial charge on any atom is 0.224 e. The Hall–Kier alpha value is -2.15. The highest BCUT2D eigenvalue weighted by molar-refractivity contribution is 9.10. The van der Waals surface area contributed by atoms with Crippen LogP contribution in [0, 0.1) is 0 Å². The number of nitrogens with two attached hydrogens (primary N) is 1. The number of nitrogen functional groups attached to an aromatic ring is 1. The Kier molecular flexibility index (Phi) is 3.50. The molecule has 0 aliphatic heterocycles. The van der Waals surface area contributed by atoms with Crippen molar-refractivity contribution in [3.63, 3.8) is 0 Å². The molecular formula is C14H15BrN6. The van der Waals surface area contributed by atoms with Crippen LogP contribution in [0.4, 0.5) is 11.8 Å². The molecule has 7 heteroatoms. The lowest BCUT2D eigenvalue weighted by Gasteiger charge is -2.12. The fraction of sp³-hybridized carbons (Fsp3) is 0.214. The molecule has 0 fully saturated rings. The standard InChI is InChI=1S/C14H15BrN6/c1-20(2)11-10-12(19-14(16)18-11)21(13(15)17-10)8-9-6-4-3-5-7-9/h3-7H,8H2,1-2H3,(H2,16,18,19). The summed E-state index contributed by atoms with van der Waals surface area (Å²) in [6, 6.07) is 10.1. The minimum absolute atomic E-state index is 0.243. The van der Waals surface area contributed by atoms with Crippen LogP contribution in [0.3, 0.4) is 0 Å². The fourth-order valence-electron chi connectivity index (χ4n) is 2.19. The van der Waals surface area contributed by atoms with Crippen molar-refractivity contribution in [3.05, 3.63) is 40.6 Å². The Labute approximate surface area is 130 Å². The van der Waals surface area contributed by atoms with Gasteiger partial charge in [-0.05, 0) is 21.5 Å². The largest absolute Gasteiger partial charge is 0.368 e. The molecule has 0 unspecified atom stereocenters. The number of hydrogen-bond donors (Lipinski definition) is 1. The molecule has 2 aromatic heterocycles.